The highest BCUT2D eigenvalue weighted by molar-refractivity contribution is 7.89. The van der Waals surface area contributed by atoms with E-state index in [4.69, 9.17) is 0 Å². The lowest BCUT2D eigenvalue weighted by Crippen LogP contribution is -2.47. The van der Waals surface area contributed by atoms with E-state index in [1.165, 1.54) is 0 Å². The Balaban J connectivity index is 2.10. The van der Waals surface area contributed by atoms with Gasteiger partial charge in [-0.3, -0.25) is 4.79 Å². The summed E-state index contributed by atoms with van der Waals surface area (Å²) in [5.74, 6) is -0.591. The molecule has 1 aliphatic rings. The lowest BCUT2D eigenvalue weighted by molar-refractivity contribution is -0.153. The summed E-state index contributed by atoms with van der Waals surface area (Å²) in [5, 5.41) is 9.21. The Labute approximate surface area is 125 Å². The van der Waals surface area contributed by atoms with Crippen molar-refractivity contribution >= 4 is 16.0 Å². The average molecular weight is 311 g/mol. The quantitative estimate of drug-likeness (QED) is 0.844. The maximum absolute atomic E-state index is 12.2. The van der Waals surface area contributed by atoms with E-state index in [2.05, 4.69) is 4.72 Å². The largest absolute Gasteiger partial charge is 0.481 e. The van der Waals surface area contributed by atoms with Gasteiger partial charge in [0.05, 0.1) is 10.3 Å². The Kier molecular flexibility index (Phi) is 4.39. The van der Waals surface area contributed by atoms with Gasteiger partial charge in [0.15, 0.2) is 0 Å². The molecule has 2 N–H and O–H groups in total. The maximum atomic E-state index is 12.2. The van der Waals surface area contributed by atoms with Crippen molar-refractivity contribution in [2.45, 2.75) is 43.9 Å². The minimum Gasteiger partial charge on any atom is -0.481 e. The predicted molar refractivity (Wildman–Crippen MR) is 79.6 cm³/mol. The number of carboxylic acid groups (broad SMARTS) is 1. The van der Waals surface area contributed by atoms with Crippen LogP contribution in [0.3, 0.4) is 0 Å². The number of carboxylic acids is 1. The van der Waals surface area contributed by atoms with Crippen LogP contribution in [0.4, 0.5) is 0 Å². The van der Waals surface area contributed by atoms with E-state index in [0.29, 0.717) is 18.8 Å². The summed E-state index contributed by atoms with van der Waals surface area (Å²) in [5.41, 5.74) is 0.139. The van der Waals surface area contributed by atoms with Crippen LogP contribution in [0.1, 0.15) is 44.6 Å². The maximum Gasteiger partial charge on any atom is 0.310 e. The number of aliphatic carboxylic acids is 1. The zero-order valence-electron chi connectivity index (χ0n) is 12.3. The molecule has 6 heteroatoms. The Bertz CT molecular complexity index is 616. The van der Waals surface area contributed by atoms with E-state index in [1.54, 1.807) is 24.3 Å². The van der Waals surface area contributed by atoms with Gasteiger partial charge in [-0.05, 0) is 36.5 Å². The lowest BCUT2D eigenvalue weighted by atomic mass is 9.69. The molecule has 21 heavy (non-hydrogen) atoms. The second-order valence-corrected chi connectivity index (χ2v) is 7.75. The van der Waals surface area contributed by atoms with E-state index < -0.39 is 21.4 Å². The van der Waals surface area contributed by atoms with Crippen LogP contribution >= 0.6 is 0 Å². The molecule has 1 fully saturated rings. The standard InChI is InChI=1S/C15H21NO4S/c1-11(2)12-4-6-13(7-5-12)21(19,20)16-10-15(14(17)18)8-3-9-15/h4-7,11,16H,3,8-10H2,1-2H3,(H,17,18). The summed E-state index contributed by atoms with van der Waals surface area (Å²) in [7, 11) is -3.66. The first-order valence-corrected chi connectivity index (χ1v) is 8.58. The summed E-state index contributed by atoms with van der Waals surface area (Å²) < 4.78 is 26.9. The molecule has 0 saturated heterocycles. The molecular formula is C15H21NO4S. The number of rotatable bonds is 6. The molecule has 0 spiro atoms. The molecular weight excluding hydrogens is 290 g/mol. The van der Waals surface area contributed by atoms with Gasteiger partial charge in [0.25, 0.3) is 0 Å². The summed E-state index contributed by atoms with van der Waals surface area (Å²) in [6.07, 6.45) is 1.88. The molecule has 1 aromatic rings. The minimum absolute atomic E-state index is 0.0450. The topological polar surface area (TPSA) is 83.5 Å². The van der Waals surface area contributed by atoms with Crippen molar-refractivity contribution in [3.05, 3.63) is 29.8 Å². The zero-order chi connectivity index (χ0) is 15.7. The molecule has 0 bridgehead atoms. The van der Waals surface area contributed by atoms with Crippen molar-refractivity contribution in [1.82, 2.24) is 4.72 Å². The molecule has 0 atom stereocenters. The molecule has 0 amide bonds. The van der Waals surface area contributed by atoms with Crippen molar-refractivity contribution in [2.24, 2.45) is 5.41 Å². The fraction of sp³-hybridized carbons (Fsp3) is 0.533. The first-order valence-electron chi connectivity index (χ1n) is 7.10. The van der Waals surface area contributed by atoms with Crippen molar-refractivity contribution in [2.75, 3.05) is 6.54 Å². The number of benzene rings is 1. The van der Waals surface area contributed by atoms with Crippen LogP contribution in [0.15, 0.2) is 29.2 Å². The van der Waals surface area contributed by atoms with E-state index >= 15 is 0 Å². The Hall–Kier alpha value is -1.40. The van der Waals surface area contributed by atoms with Gasteiger partial charge < -0.3 is 5.11 Å². The Morgan fingerprint density at radius 3 is 2.24 bits per heavy atom. The molecule has 0 aliphatic heterocycles. The molecule has 1 aromatic carbocycles. The predicted octanol–water partition coefficient (Wildman–Crippen LogP) is 2.34. The van der Waals surface area contributed by atoms with Crippen LogP contribution in [0.2, 0.25) is 0 Å². The van der Waals surface area contributed by atoms with Gasteiger partial charge >= 0.3 is 5.97 Å². The molecule has 116 valence electrons. The van der Waals surface area contributed by atoms with Crippen LogP contribution in [0.25, 0.3) is 0 Å². The van der Waals surface area contributed by atoms with Crippen LogP contribution in [0, 0.1) is 5.41 Å². The van der Waals surface area contributed by atoms with Gasteiger partial charge in [0.2, 0.25) is 10.0 Å². The summed E-state index contributed by atoms with van der Waals surface area (Å²) in [6.45, 7) is 4.03. The molecule has 0 radical (unpaired) electrons. The first kappa shape index (κ1) is 16.0. The smallest absolute Gasteiger partial charge is 0.310 e. The van der Waals surface area contributed by atoms with Crippen LogP contribution in [-0.2, 0) is 14.8 Å². The molecule has 1 aliphatic carbocycles. The van der Waals surface area contributed by atoms with Gasteiger partial charge in [-0.25, -0.2) is 13.1 Å². The third-order valence-electron chi connectivity index (χ3n) is 4.22. The van der Waals surface area contributed by atoms with Gasteiger partial charge in [0.1, 0.15) is 0 Å². The lowest BCUT2D eigenvalue weighted by Gasteiger charge is -2.37. The zero-order valence-corrected chi connectivity index (χ0v) is 13.1. The van der Waals surface area contributed by atoms with Crippen molar-refractivity contribution < 1.29 is 18.3 Å². The monoisotopic (exact) mass is 311 g/mol. The van der Waals surface area contributed by atoms with Crippen LogP contribution in [-0.4, -0.2) is 26.0 Å². The molecule has 0 heterocycles. The Morgan fingerprint density at radius 2 is 1.86 bits per heavy atom. The summed E-state index contributed by atoms with van der Waals surface area (Å²) in [4.78, 5) is 11.4. The summed E-state index contributed by atoms with van der Waals surface area (Å²) >= 11 is 0. The number of hydrogen-bond donors (Lipinski definition) is 2. The number of nitrogens with one attached hydrogen (secondary N) is 1. The molecule has 5 nitrogen and oxygen atoms in total. The van der Waals surface area contributed by atoms with Crippen molar-refractivity contribution in [3.63, 3.8) is 0 Å². The van der Waals surface area contributed by atoms with Gasteiger partial charge in [-0.2, -0.15) is 0 Å². The normalized spacial score (nSPS) is 17.5. The molecule has 1 saturated carbocycles. The van der Waals surface area contributed by atoms with Crippen LogP contribution in [0.5, 0.6) is 0 Å². The van der Waals surface area contributed by atoms with Gasteiger partial charge in [-0.1, -0.05) is 32.4 Å². The highest BCUT2D eigenvalue weighted by Gasteiger charge is 2.44. The van der Waals surface area contributed by atoms with E-state index in [0.717, 1.165) is 12.0 Å². The molecule has 0 unspecified atom stereocenters. The van der Waals surface area contributed by atoms with E-state index in [1.807, 2.05) is 13.8 Å². The highest BCUT2D eigenvalue weighted by Crippen LogP contribution is 2.40. The van der Waals surface area contributed by atoms with Crippen LogP contribution < -0.4 is 4.72 Å². The SMILES string of the molecule is CC(C)c1ccc(S(=O)(=O)NCC2(C(=O)O)CCC2)cc1. The fourth-order valence-corrected chi connectivity index (χ4v) is 3.55. The first-order chi connectivity index (χ1) is 9.77. The molecule has 2 rings (SSSR count). The third-order valence-corrected chi connectivity index (χ3v) is 5.64. The van der Waals surface area contributed by atoms with E-state index in [-0.39, 0.29) is 11.4 Å². The second-order valence-electron chi connectivity index (χ2n) is 5.99. The third kappa shape index (κ3) is 3.27. The number of hydrogen-bond acceptors (Lipinski definition) is 3. The molecule has 0 aromatic heterocycles. The van der Waals surface area contributed by atoms with Crippen molar-refractivity contribution in [1.29, 1.82) is 0 Å². The van der Waals surface area contributed by atoms with Crippen molar-refractivity contribution in [3.8, 4) is 0 Å². The van der Waals surface area contributed by atoms with Gasteiger partial charge in [0, 0.05) is 6.54 Å². The van der Waals surface area contributed by atoms with E-state index in [9.17, 15) is 18.3 Å². The number of carbonyl (C=O) groups is 1. The Morgan fingerprint density at radius 1 is 1.29 bits per heavy atom. The minimum atomic E-state index is -3.66. The summed E-state index contributed by atoms with van der Waals surface area (Å²) in [6, 6.07) is 6.70. The van der Waals surface area contributed by atoms with Gasteiger partial charge in [-0.15, -0.1) is 0 Å². The average Bonchev–Trinajstić information content (AvgIpc) is 2.37. The highest BCUT2D eigenvalue weighted by atomic mass is 32.2. The number of sulfonamides is 1. The fourth-order valence-electron chi connectivity index (χ4n) is 2.42. The second kappa shape index (κ2) is 5.77.